The largest absolute Gasteiger partial charge is 0.484 e. The number of nitrogens with one attached hydrogen (secondary N) is 2. The van der Waals surface area contributed by atoms with Gasteiger partial charge in [0.2, 0.25) is 5.91 Å². The SMILES string of the molecule is CCCCNC(=O)C1(NC(=O)c2ccc(OCC(F)(F)F)cc2)CCCCC1. The van der Waals surface area contributed by atoms with Crippen molar-refractivity contribution in [2.45, 2.75) is 63.6 Å². The maximum absolute atomic E-state index is 12.7. The number of amides is 2. The first-order valence-corrected chi connectivity index (χ1v) is 9.66. The van der Waals surface area contributed by atoms with E-state index < -0.39 is 24.2 Å². The zero-order valence-corrected chi connectivity index (χ0v) is 16.0. The number of rotatable bonds is 8. The number of carbonyl (C=O) groups excluding carboxylic acids is 2. The van der Waals surface area contributed by atoms with Gasteiger partial charge in [-0.3, -0.25) is 9.59 Å². The second-order valence-electron chi connectivity index (χ2n) is 7.13. The van der Waals surface area contributed by atoms with E-state index in [1.54, 1.807) is 0 Å². The van der Waals surface area contributed by atoms with Crippen LogP contribution in [-0.2, 0) is 4.79 Å². The summed E-state index contributed by atoms with van der Waals surface area (Å²) >= 11 is 0. The van der Waals surface area contributed by atoms with Crippen molar-refractivity contribution in [1.29, 1.82) is 0 Å². The number of ether oxygens (including phenoxy) is 1. The molecule has 0 radical (unpaired) electrons. The average Bonchev–Trinajstić information content (AvgIpc) is 2.67. The molecule has 1 aliphatic rings. The molecular weight excluding hydrogens is 373 g/mol. The van der Waals surface area contributed by atoms with E-state index in [9.17, 15) is 22.8 Å². The zero-order valence-electron chi connectivity index (χ0n) is 16.0. The summed E-state index contributed by atoms with van der Waals surface area (Å²) in [6.07, 6.45) is 1.28. The first-order valence-electron chi connectivity index (χ1n) is 9.66. The Morgan fingerprint density at radius 2 is 1.75 bits per heavy atom. The molecule has 28 heavy (non-hydrogen) atoms. The molecule has 0 aliphatic heterocycles. The molecule has 0 saturated heterocycles. The highest BCUT2D eigenvalue weighted by molar-refractivity contribution is 5.99. The van der Waals surface area contributed by atoms with Gasteiger partial charge in [-0.2, -0.15) is 13.2 Å². The summed E-state index contributed by atoms with van der Waals surface area (Å²) < 4.78 is 41.3. The summed E-state index contributed by atoms with van der Waals surface area (Å²) in [6, 6.07) is 5.42. The Hall–Kier alpha value is -2.25. The van der Waals surface area contributed by atoms with Crippen LogP contribution in [0.1, 0.15) is 62.2 Å². The molecule has 1 aromatic carbocycles. The van der Waals surface area contributed by atoms with Gasteiger partial charge in [0.1, 0.15) is 11.3 Å². The summed E-state index contributed by atoms with van der Waals surface area (Å²) in [5.74, 6) is -0.562. The van der Waals surface area contributed by atoms with Crippen molar-refractivity contribution in [3.05, 3.63) is 29.8 Å². The summed E-state index contributed by atoms with van der Waals surface area (Å²) in [5, 5.41) is 5.79. The normalized spacial score (nSPS) is 16.3. The predicted molar refractivity (Wildman–Crippen MR) is 99.2 cm³/mol. The second-order valence-corrected chi connectivity index (χ2v) is 7.13. The molecule has 2 N–H and O–H groups in total. The molecule has 1 aromatic rings. The first-order chi connectivity index (χ1) is 13.3. The van der Waals surface area contributed by atoms with Gasteiger partial charge in [-0.1, -0.05) is 32.6 Å². The van der Waals surface area contributed by atoms with Crippen LogP contribution < -0.4 is 15.4 Å². The minimum absolute atomic E-state index is 0.0264. The molecule has 8 heteroatoms. The average molecular weight is 400 g/mol. The van der Waals surface area contributed by atoms with E-state index >= 15 is 0 Å². The fraction of sp³-hybridized carbons (Fsp3) is 0.600. The van der Waals surface area contributed by atoms with Crippen molar-refractivity contribution >= 4 is 11.8 Å². The van der Waals surface area contributed by atoms with E-state index in [2.05, 4.69) is 15.4 Å². The molecule has 0 heterocycles. The van der Waals surface area contributed by atoms with Crippen LogP contribution in [0.4, 0.5) is 13.2 Å². The standard InChI is InChI=1S/C20H27F3N2O3/c1-2-3-13-24-18(27)19(11-5-4-6-12-19)25-17(26)15-7-9-16(10-8-15)28-14-20(21,22)23/h7-10H,2-6,11-14H2,1H3,(H,24,27)(H,25,26). The summed E-state index contributed by atoms with van der Waals surface area (Å²) in [4.78, 5) is 25.4. The molecule has 1 fully saturated rings. The van der Waals surface area contributed by atoms with Gasteiger partial charge in [0.15, 0.2) is 6.61 Å². The van der Waals surface area contributed by atoms with Gasteiger partial charge >= 0.3 is 6.18 Å². The lowest BCUT2D eigenvalue weighted by atomic mass is 9.80. The van der Waals surface area contributed by atoms with Crippen molar-refractivity contribution in [2.75, 3.05) is 13.2 Å². The Morgan fingerprint density at radius 3 is 2.32 bits per heavy atom. The topological polar surface area (TPSA) is 67.4 Å². The van der Waals surface area contributed by atoms with Gasteiger partial charge in [0, 0.05) is 12.1 Å². The molecular formula is C20H27F3N2O3. The number of benzene rings is 1. The van der Waals surface area contributed by atoms with Crippen molar-refractivity contribution in [3.8, 4) is 5.75 Å². The van der Waals surface area contributed by atoms with Crippen molar-refractivity contribution in [1.82, 2.24) is 10.6 Å². The fourth-order valence-electron chi connectivity index (χ4n) is 3.27. The summed E-state index contributed by atoms with van der Waals surface area (Å²) in [6.45, 7) is 1.21. The molecule has 5 nitrogen and oxygen atoms in total. The van der Waals surface area contributed by atoms with Gasteiger partial charge in [0.25, 0.3) is 5.91 Å². The number of alkyl halides is 3. The Kier molecular flexibility index (Phi) is 7.71. The van der Waals surface area contributed by atoms with E-state index in [1.165, 1.54) is 24.3 Å². The van der Waals surface area contributed by atoms with Crippen molar-refractivity contribution in [2.24, 2.45) is 0 Å². The molecule has 156 valence electrons. The second kappa shape index (κ2) is 9.80. The van der Waals surface area contributed by atoms with Crippen LogP contribution in [0.15, 0.2) is 24.3 Å². The van der Waals surface area contributed by atoms with Crippen molar-refractivity contribution in [3.63, 3.8) is 0 Å². The lowest BCUT2D eigenvalue weighted by molar-refractivity contribution is -0.153. The quantitative estimate of drug-likeness (QED) is 0.649. The lowest BCUT2D eigenvalue weighted by Gasteiger charge is -2.36. The van der Waals surface area contributed by atoms with Gasteiger partial charge in [0.05, 0.1) is 0 Å². The van der Waals surface area contributed by atoms with Crippen LogP contribution in [-0.4, -0.2) is 36.7 Å². The number of hydrogen-bond donors (Lipinski definition) is 2. The maximum Gasteiger partial charge on any atom is 0.422 e. The Labute approximate surface area is 163 Å². The number of unbranched alkanes of at least 4 members (excludes halogenated alkanes) is 1. The molecule has 0 spiro atoms. The molecule has 0 bridgehead atoms. The van der Waals surface area contributed by atoms with Crippen LogP contribution in [0.3, 0.4) is 0 Å². The molecule has 0 atom stereocenters. The summed E-state index contributed by atoms with van der Waals surface area (Å²) in [5.41, 5.74) is -0.667. The highest BCUT2D eigenvalue weighted by Gasteiger charge is 2.40. The van der Waals surface area contributed by atoms with E-state index in [0.29, 0.717) is 19.4 Å². The Bertz CT molecular complexity index is 654. The Balaban J connectivity index is 2.03. The van der Waals surface area contributed by atoms with Crippen molar-refractivity contribution < 1.29 is 27.5 Å². The molecule has 1 aliphatic carbocycles. The lowest BCUT2D eigenvalue weighted by Crippen LogP contribution is -2.59. The monoisotopic (exact) mass is 400 g/mol. The fourth-order valence-corrected chi connectivity index (χ4v) is 3.27. The first kappa shape index (κ1) is 22.0. The van der Waals surface area contributed by atoms with Crippen LogP contribution in [0.5, 0.6) is 5.75 Å². The minimum Gasteiger partial charge on any atom is -0.484 e. The van der Waals surface area contributed by atoms with Gasteiger partial charge < -0.3 is 15.4 Å². The van der Waals surface area contributed by atoms with E-state index in [0.717, 1.165) is 32.1 Å². The number of carbonyl (C=O) groups is 2. The van der Waals surface area contributed by atoms with Gasteiger partial charge in [-0.25, -0.2) is 0 Å². The zero-order chi connectivity index (χ0) is 20.6. The van der Waals surface area contributed by atoms with Gasteiger partial charge in [-0.05, 0) is 43.5 Å². The third-order valence-electron chi connectivity index (χ3n) is 4.83. The smallest absolute Gasteiger partial charge is 0.422 e. The number of hydrogen-bond acceptors (Lipinski definition) is 3. The molecule has 0 unspecified atom stereocenters. The molecule has 2 amide bonds. The van der Waals surface area contributed by atoms with E-state index in [-0.39, 0.29) is 17.2 Å². The van der Waals surface area contributed by atoms with Crippen LogP contribution in [0.25, 0.3) is 0 Å². The number of halogens is 3. The van der Waals surface area contributed by atoms with Crippen LogP contribution in [0.2, 0.25) is 0 Å². The van der Waals surface area contributed by atoms with Crippen LogP contribution in [0, 0.1) is 0 Å². The van der Waals surface area contributed by atoms with Crippen LogP contribution >= 0.6 is 0 Å². The third-order valence-corrected chi connectivity index (χ3v) is 4.83. The summed E-state index contributed by atoms with van der Waals surface area (Å²) in [7, 11) is 0. The molecule has 0 aromatic heterocycles. The third kappa shape index (κ3) is 6.42. The molecule has 1 saturated carbocycles. The molecule has 2 rings (SSSR count). The van der Waals surface area contributed by atoms with Gasteiger partial charge in [-0.15, -0.1) is 0 Å². The predicted octanol–water partition coefficient (Wildman–Crippen LogP) is 3.98. The van der Waals surface area contributed by atoms with E-state index in [1.807, 2.05) is 6.92 Å². The Morgan fingerprint density at radius 1 is 1.11 bits per heavy atom. The van der Waals surface area contributed by atoms with E-state index in [4.69, 9.17) is 0 Å². The maximum atomic E-state index is 12.7. The minimum atomic E-state index is -4.42. The highest BCUT2D eigenvalue weighted by Crippen LogP contribution is 2.29. The highest BCUT2D eigenvalue weighted by atomic mass is 19.4.